The van der Waals surface area contributed by atoms with E-state index in [-0.39, 0.29) is 5.82 Å². The molecule has 2 unspecified atom stereocenters. The predicted molar refractivity (Wildman–Crippen MR) is 58.6 cm³/mol. The topological polar surface area (TPSA) is 6.48 Å². The minimum absolute atomic E-state index is 0.0901. The van der Waals surface area contributed by atoms with Crippen molar-refractivity contribution in [3.8, 4) is 0 Å². The average molecular weight is 206 g/mol. The van der Waals surface area contributed by atoms with Crippen LogP contribution in [0.15, 0.2) is 24.3 Å². The minimum Gasteiger partial charge on any atom is -0.363 e. The Morgan fingerprint density at radius 2 is 2.00 bits per heavy atom. The molecular formula is C12H15FN2. The molecule has 0 saturated carbocycles. The van der Waals surface area contributed by atoms with Crippen molar-refractivity contribution in [1.82, 2.24) is 4.90 Å². The fraction of sp³-hybridized carbons (Fsp3) is 0.500. The molecule has 2 nitrogen and oxygen atoms in total. The quantitative estimate of drug-likeness (QED) is 0.690. The van der Waals surface area contributed by atoms with Gasteiger partial charge in [0.05, 0.1) is 5.69 Å². The first-order valence-electron chi connectivity index (χ1n) is 5.47. The third-order valence-corrected chi connectivity index (χ3v) is 3.68. The minimum atomic E-state index is -0.0901. The lowest BCUT2D eigenvalue weighted by atomic mass is 10.2. The number of likely N-dealkylation sites (N-methyl/N-ethyl adjacent to an activating group) is 1. The number of piperazine rings is 1. The van der Waals surface area contributed by atoms with Gasteiger partial charge in [-0.05, 0) is 25.6 Å². The smallest absolute Gasteiger partial charge is 0.146 e. The molecule has 1 aromatic rings. The van der Waals surface area contributed by atoms with Crippen molar-refractivity contribution >= 4 is 5.69 Å². The zero-order chi connectivity index (χ0) is 10.4. The Hall–Kier alpha value is -1.09. The van der Waals surface area contributed by atoms with Gasteiger partial charge in [0.1, 0.15) is 5.82 Å². The molecule has 2 saturated heterocycles. The van der Waals surface area contributed by atoms with Gasteiger partial charge in [-0.15, -0.1) is 0 Å². The molecule has 2 atom stereocenters. The molecule has 15 heavy (non-hydrogen) atoms. The number of anilines is 1. The second kappa shape index (κ2) is 3.20. The molecule has 0 spiro atoms. The lowest BCUT2D eigenvalue weighted by Gasteiger charge is -2.33. The number of hydrogen-bond acceptors (Lipinski definition) is 2. The monoisotopic (exact) mass is 206 g/mol. The number of nitrogens with zero attached hydrogens (tertiary/aromatic N) is 2. The maximum absolute atomic E-state index is 13.6. The van der Waals surface area contributed by atoms with Gasteiger partial charge in [-0.3, -0.25) is 4.90 Å². The molecule has 0 amide bonds. The number of para-hydroxylation sites is 1. The first-order chi connectivity index (χ1) is 7.25. The summed E-state index contributed by atoms with van der Waals surface area (Å²) in [7, 11) is 2.16. The van der Waals surface area contributed by atoms with Gasteiger partial charge in [0.2, 0.25) is 0 Å². The van der Waals surface area contributed by atoms with Crippen LogP contribution in [-0.2, 0) is 0 Å². The Morgan fingerprint density at radius 3 is 2.60 bits per heavy atom. The van der Waals surface area contributed by atoms with Crippen molar-refractivity contribution in [2.45, 2.75) is 18.5 Å². The molecule has 1 aromatic carbocycles. The van der Waals surface area contributed by atoms with Gasteiger partial charge in [0.25, 0.3) is 0 Å². The van der Waals surface area contributed by atoms with E-state index in [1.807, 2.05) is 12.1 Å². The summed E-state index contributed by atoms with van der Waals surface area (Å²) in [5.41, 5.74) is 0.776. The number of benzene rings is 1. The summed E-state index contributed by atoms with van der Waals surface area (Å²) in [4.78, 5) is 4.60. The molecule has 0 aliphatic carbocycles. The van der Waals surface area contributed by atoms with Crippen molar-refractivity contribution in [1.29, 1.82) is 0 Å². The summed E-state index contributed by atoms with van der Waals surface area (Å²) in [5.74, 6) is -0.0901. The van der Waals surface area contributed by atoms with E-state index < -0.39 is 0 Å². The second-order valence-corrected chi connectivity index (χ2v) is 4.59. The van der Waals surface area contributed by atoms with Crippen molar-refractivity contribution in [2.24, 2.45) is 0 Å². The number of likely N-dealkylation sites (tertiary alicyclic amines) is 1. The summed E-state index contributed by atoms with van der Waals surface area (Å²) in [5, 5.41) is 0. The van der Waals surface area contributed by atoms with Crippen LogP contribution in [0.25, 0.3) is 0 Å². The third-order valence-electron chi connectivity index (χ3n) is 3.68. The van der Waals surface area contributed by atoms with E-state index in [0.29, 0.717) is 12.1 Å². The van der Waals surface area contributed by atoms with E-state index in [2.05, 4.69) is 16.8 Å². The van der Waals surface area contributed by atoms with Crippen LogP contribution >= 0.6 is 0 Å². The van der Waals surface area contributed by atoms with E-state index in [1.54, 1.807) is 12.1 Å². The number of fused-ring (bicyclic) bond motifs is 2. The number of halogens is 1. The zero-order valence-corrected chi connectivity index (χ0v) is 8.86. The highest BCUT2D eigenvalue weighted by atomic mass is 19.1. The standard InChI is InChI=1S/C12H15FN2/c1-14-7-10-6-9(14)8-15(10)12-5-3-2-4-11(12)13/h2-5,9-10H,6-8H2,1H3. The molecule has 2 aliphatic heterocycles. The Bertz CT molecular complexity index is 378. The molecule has 2 aliphatic rings. The summed E-state index contributed by atoms with van der Waals surface area (Å²) in [6.07, 6.45) is 1.19. The fourth-order valence-electron chi connectivity index (χ4n) is 2.85. The lowest BCUT2D eigenvalue weighted by Crippen LogP contribution is -2.44. The van der Waals surface area contributed by atoms with E-state index in [1.165, 1.54) is 6.42 Å². The Labute approximate surface area is 89.3 Å². The van der Waals surface area contributed by atoms with Crippen LogP contribution in [0.1, 0.15) is 6.42 Å². The van der Waals surface area contributed by atoms with Gasteiger partial charge < -0.3 is 4.90 Å². The van der Waals surface area contributed by atoms with E-state index in [0.717, 1.165) is 18.8 Å². The van der Waals surface area contributed by atoms with Crippen molar-refractivity contribution in [2.75, 3.05) is 25.0 Å². The van der Waals surface area contributed by atoms with E-state index in [9.17, 15) is 4.39 Å². The fourth-order valence-corrected chi connectivity index (χ4v) is 2.85. The van der Waals surface area contributed by atoms with E-state index >= 15 is 0 Å². The highest BCUT2D eigenvalue weighted by molar-refractivity contribution is 5.51. The number of hydrogen-bond donors (Lipinski definition) is 0. The van der Waals surface area contributed by atoms with Gasteiger partial charge >= 0.3 is 0 Å². The molecule has 80 valence electrons. The molecule has 2 fully saturated rings. The molecule has 3 rings (SSSR count). The van der Waals surface area contributed by atoms with Gasteiger partial charge in [-0.25, -0.2) is 4.39 Å². The number of rotatable bonds is 1. The van der Waals surface area contributed by atoms with Crippen molar-refractivity contribution in [3.05, 3.63) is 30.1 Å². The zero-order valence-electron chi connectivity index (χ0n) is 8.86. The van der Waals surface area contributed by atoms with Gasteiger partial charge in [-0.2, -0.15) is 0 Å². The van der Waals surface area contributed by atoms with Crippen LogP contribution in [0.2, 0.25) is 0 Å². The average Bonchev–Trinajstić information content (AvgIpc) is 2.77. The highest BCUT2D eigenvalue weighted by Crippen LogP contribution is 2.34. The maximum atomic E-state index is 13.6. The first kappa shape index (κ1) is 9.16. The van der Waals surface area contributed by atoms with Crippen LogP contribution in [0.3, 0.4) is 0 Å². The molecule has 0 aromatic heterocycles. The Balaban J connectivity index is 1.89. The summed E-state index contributed by atoms with van der Waals surface area (Å²) >= 11 is 0. The molecule has 3 heteroatoms. The SMILES string of the molecule is CN1CC2CC1CN2c1ccccc1F. The molecular weight excluding hydrogens is 191 g/mol. The maximum Gasteiger partial charge on any atom is 0.146 e. The van der Waals surface area contributed by atoms with Crippen LogP contribution in [0.5, 0.6) is 0 Å². The van der Waals surface area contributed by atoms with E-state index in [4.69, 9.17) is 0 Å². The Kier molecular flexibility index (Phi) is 1.96. The van der Waals surface area contributed by atoms with Crippen LogP contribution in [0.4, 0.5) is 10.1 Å². The summed E-state index contributed by atoms with van der Waals surface area (Å²) in [6, 6.07) is 8.22. The molecule has 0 N–H and O–H groups in total. The predicted octanol–water partition coefficient (Wildman–Crippen LogP) is 1.72. The van der Waals surface area contributed by atoms with Crippen LogP contribution < -0.4 is 4.90 Å². The largest absolute Gasteiger partial charge is 0.363 e. The third kappa shape index (κ3) is 1.34. The van der Waals surface area contributed by atoms with Crippen LogP contribution in [-0.4, -0.2) is 37.1 Å². The van der Waals surface area contributed by atoms with Crippen molar-refractivity contribution in [3.63, 3.8) is 0 Å². The molecule has 0 radical (unpaired) electrons. The first-order valence-corrected chi connectivity index (χ1v) is 5.47. The normalized spacial score (nSPS) is 30.1. The molecule has 2 heterocycles. The Morgan fingerprint density at radius 1 is 1.20 bits per heavy atom. The van der Waals surface area contributed by atoms with Gasteiger partial charge in [0, 0.05) is 25.2 Å². The van der Waals surface area contributed by atoms with Crippen LogP contribution in [0, 0.1) is 5.82 Å². The summed E-state index contributed by atoms with van der Waals surface area (Å²) < 4.78 is 13.6. The molecule has 2 bridgehead atoms. The summed E-state index contributed by atoms with van der Waals surface area (Å²) in [6.45, 7) is 2.04. The van der Waals surface area contributed by atoms with Crippen molar-refractivity contribution < 1.29 is 4.39 Å². The van der Waals surface area contributed by atoms with Gasteiger partial charge in [-0.1, -0.05) is 12.1 Å². The van der Waals surface area contributed by atoms with Gasteiger partial charge in [0.15, 0.2) is 0 Å². The highest BCUT2D eigenvalue weighted by Gasteiger charge is 2.41. The lowest BCUT2D eigenvalue weighted by molar-refractivity contribution is 0.292. The second-order valence-electron chi connectivity index (χ2n) is 4.59.